The lowest BCUT2D eigenvalue weighted by molar-refractivity contribution is -0.145. The zero-order valence-electron chi connectivity index (χ0n) is 9.15. The number of methoxy groups -OCH3 is 1. The molecule has 3 N–H and O–H groups in total. The minimum atomic E-state index is -0.807. The molecule has 5 heteroatoms. The molecule has 16 heavy (non-hydrogen) atoms. The van der Waals surface area contributed by atoms with Gasteiger partial charge in [-0.05, 0) is 19.1 Å². The number of carbonyl (C=O) groups excluding carboxylic acids is 1. The molecule has 0 aliphatic heterocycles. The molecule has 0 bridgehead atoms. The number of aromatic nitrogens is 2. The molecule has 0 saturated heterocycles. The molecule has 5 nitrogen and oxygen atoms in total. The Labute approximate surface area is 92.3 Å². The van der Waals surface area contributed by atoms with E-state index in [-0.39, 0.29) is 5.97 Å². The van der Waals surface area contributed by atoms with Gasteiger partial charge in [0.05, 0.1) is 17.8 Å². The topological polar surface area (TPSA) is 81.0 Å². The van der Waals surface area contributed by atoms with E-state index in [1.807, 2.05) is 6.08 Å². The fourth-order valence-corrected chi connectivity index (χ4v) is 1.68. The maximum absolute atomic E-state index is 11.7. The number of anilines is 1. The number of rotatable bonds is 1. The summed E-state index contributed by atoms with van der Waals surface area (Å²) < 4.78 is 4.77. The first-order valence-corrected chi connectivity index (χ1v) is 4.87. The van der Waals surface area contributed by atoms with Crippen LogP contribution in [0, 0.1) is 5.41 Å². The summed E-state index contributed by atoms with van der Waals surface area (Å²) in [6, 6.07) is 0. The van der Waals surface area contributed by atoms with E-state index in [2.05, 4.69) is 9.97 Å². The van der Waals surface area contributed by atoms with E-state index >= 15 is 0 Å². The molecular weight excluding hydrogens is 206 g/mol. The van der Waals surface area contributed by atoms with Crippen molar-refractivity contribution in [1.82, 2.24) is 9.97 Å². The molecule has 1 aromatic heterocycles. The highest BCUT2D eigenvalue weighted by molar-refractivity contribution is 5.86. The molecule has 1 heterocycles. The van der Waals surface area contributed by atoms with Crippen LogP contribution in [0.25, 0.3) is 12.2 Å². The van der Waals surface area contributed by atoms with Crippen LogP contribution in [0.3, 0.4) is 0 Å². The fourth-order valence-electron chi connectivity index (χ4n) is 1.68. The van der Waals surface area contributed by atoms with Crippen molar-refractivity contribution < 1.29 is 9.53 Å². The van der Waals surface area contributed by atoms with Crippen molar-refractivity contribution in [3.63, 3.8) is 0 Å². The molecule has 0 spiro atoms. The number of nitrogen functional groups attached to an aromatic ring is 1. The van der Waals surface area contributed by atoms with Crippen LogP contribution in [0.1, 0.15) is 6.92 Å². The predicted molar refractivity (Wildman–Crippen MR) is 60.4 cm³/mol. The number of nitrogens with zero attached hydrogens (tertiary/aromatic N) is 1. The van der Waals surface area contributed by atoms with Gasteiger partial charge in [0, 0.05) is 0 Å². The van der Waals surface area contributed by atoms with Crippen molar-refractivity contribution >= 4 is 24.1 Å². The highest BCUT2D eigenvalue weighted by atomic mass is 16.5. The fraction of sp³-hybridized carbons (Fsp3) is 0.273. The highest BCUT2D eigenvalue weighted by Gasteiger charge is 2.29. The molecule has 1 aliphatic carbocycles. The summed E-state index contributed by atoms with van der Waals surface area (Å²) in [6.45, 7) is 1.77. The van der Waals surface area contributed by atoms with E-state index in [9.17, 15) is 4.79 Å². The molecule has 1 aliphatic rings. The van der Waals surface area contributed by atoms with Gasteiger partial charge in [-0.3, -0.25) is 4.79 Å². The van der Waals surface area contributed by atoms with Crippen LogP contribution in [-0.4, -0.2) is 23.0 Å². The summed E-state index contributed by atoms with van der Waals surface area (Å²) in [7, 11) is 1.36. The summed E-state index contributed by atoms with van der Waals surface area (Å²) >= 11 is 0. The Bertz CT molecular complexity index is 571. The first-order valence-electron chi connectivity index (χ1n) is 4.87. The molecule has 1 unspecified atom stereocenters. The van der Waals surface area contributed by atoms with Gasteiger partial charge in [0.2, 0.25) is 0 Å². The molecule has 1 atom stereocenters. The monoisotopic (exact) mass is 219 g/mol. The SMILES string of the molecule is COC(=O)C1(C)C=CC=c2[nH]c(N)nc2=C1. The highest BCUT2D eigenvalue weighted by Crippen LogP contribution is 2.22. The Morgan fingerprint density at radius 3 is 3.06 bits per heavy atom. The lowest BCUT2D eigenvalue weighted by Crippen LogP contribution is -2.31. The van der Waals surface area contributed by atoms with Crippen LogP contribution in [0.15, 0.2) is 12.2 Å². The van der Waals surface area contributed by atoms with Gasteiger partial charge in [-0.15, -0.1) is 0 Å². The number of nitrogens with two attached hydrogens (primary N) is 1. The van der Waals surface area contributed by atoms with Gasteiger partial charge in [-0.2, -0.15) is 0 Å². The number of fused-ring (bicyclic) bond motifs is 1. The number of carbonyl (C=O) groups is 1. The van der Waals surface area contributed by atoms with Crippen LogP contribution < -0.4 is 16.4 Å². The van der Waals surface area contributed by atoms with Crippen molar-refractivity contribution in [2.24, 2.45) is 5.41 Å². The number of hydrogen-bond acceptors (Lipinski definition) is 4. The second kappa shape index (κ2) is 3.52. The molecule has 0 radical (unpaired) electrons. The Morgan fingerprint density at radius 2 is 2.38 bits per heavy atom. The van der Waals surface area contributed by atoms with E-state index in [1.165, 1.54) is 7.11 Å². The molecular formula is C11H13N3O2. The van der Waals surface area contributed by atoms with Gasteiger partial charge in [-0.1, -0.05) is 12.2 Å². The summed E-state index contributed by atoms with van der Waals surface area (Å²) in [5.41, 5.74) is 4.75. The number of allylic oxidation sites excluding steroid dienone is 1. The number of nitrogens with one attached hydrogen (secondary N) is 1. The normalized spacial score (nSPS) is 22.6. The second-order valence-corrected chi connectivity index (χ2v) is 3.87. The molecule has 0 amide bonds. The molecule has 2 rings (SSSR count). The van der Waals surface area contributed by atoms with E-state index in [1.54, 1.807) is 25.2 Å². The van der Waals surface area contributed by atoms with Crippen molar-refractivity contribution in [2.45, 2.75) is 6.92 Å². The molecule has 0 aromatic carbocycles. The van der Waals surface area contributed by atoms with Crippen LogP contribution in [0.5, 0.6) is 0 Å². The Kier molecular flexibility index (Phi) is 2.30. The largest absolute Gasteiger partial charge is 0.468 e. The van der Waals surface area contributed by atoms with E-state index < -0.39 is 5.41 Å². The molecule has 84 valence electrons. The lowest BCUT2D eigenvalue weighted by Gasteiger charge is -2.17. The van der Waals surface area contributed by atoms with Gasteiger partial charge in [0.1, 0.15) is 5.41 Å². The first kappa shape index (κ1) is 10.5. The van der Waals surface area contributed by atoms with Gasteiger partial charge < -0.3 is 15.5 Å². The van der Waals surface area contributed by atoms with Crippen molar-refractivity contribution in [2.75, 3.05) is 12.8 Å². The van der Waals surface area contributed by atoms with Gasteiger partial charge in [0.15, 0.2) is 5.95 Å². The number of imidazole rings is 1. The van der Waals surface area contributed by atoms with Crippen LogP contribution in [0.4, 0.5) is 5.95 Å². The van der Waals surface area contributed by atoms with Crippen molar-refractivity contribution in [3.05, 3.63) is 22.9 Å². The third-order valence-electron chi connectivity index (χ3n) is 2.55. The van der Waals surface area contributed by atoms with Crippen molar-refractivity contribution in [3.8, 4) is 0 Å². The van der Waals surface area contributed by atoms with Crippen molar-refractivity contribution in [1.29, 1.82) is 0 Å². The smallest absolute Gasteiger partial charge is 0.319 e. The predicted octanol–water partition coefficient (Wildman–Crippen LogP) is -0.698. The van der Waals surface area contributed by atoms with E-state index in [0.29, 0.717) is 11.3 Å². The summed E-state index contributed by atoms with van der Waals surface area (Å²) in [4.78, 5) is 18.7. The number of H-pyrrole nitrogens is 1. The minimum absolute atomic E-state index is 0.327. The van der Waals surface area contributed by atoms with Crippen LogP contribution in [-0.2, 0) is 9.53 Å². The zero-order chi connectivity index (χ0) is 11.8. The molecule has 0 fully saturated rings. The second-order valence-electron chi connectivity index (χ2n) is 3.87. The van der Waals surface area contributed by atoms with Crippen LogP contribution >= 0.6 is 0 Å². The number of hydrogen-bond donors (Lipinski definition) is 2. The average molecular weight is 219 g/mol. The first-order chi connectivity index (χ1) is 7.55. The summed E-state index contributed by atoms with van der Waals surface area (Å²) in [5, 5.41) is 1.46. The molecule has 0 saturated carbocycles. The maximum Gasteiger partial charge on any atom is 0.319 e. The Morgan fingerprint density at radius 1 is 1.62 bits per heavy atom. The number of esters is 1. The standard InChI is InChI=1S/C11H13N3O2/c1-11(9(15)16-2)5-3-4-7-8(6-11)14-10(12)13-7/h3-6H,1-2H3,(H3,12,13,14). The number of ether oxygens (including phenoxy) is 1. The van der Waals surface area contributed by atoms with Gasteiger partial charge >= 0.3 is 5.97 Å². The third kappa shape index (κ3) is 1.60. The van der Waals surface area contributed by atoms with E-state index in [4.69, 9.17) is 10.5 Å². The molecule has 1 aromatic rings. The average Bonchev–Trinajstić information content (AvgIpc) is 2.49. The zero-order valence-corrected chi connectivity index (χ0v) is 9.15. The minimum Gasteiger partial charge on any atom is -0.468 e. The Balaban J connectivity index is 2.64. The lowest BCUT2D eigenvalue weighted by atomic mass is 9.90. The van der Waals surface area contributed by atoms with E-state index in [0.717, 1.165) is 5.35 Å². The maximum atomic E-state index is 11.7. The van der Waals surface area contributed by atoms with Crippen LogP contribution in [0.2, 0.25) is 0 Å². The van der Waals surface area contributed by atoms with Gasteiger partial charge in [-0.25, -0.2) is 4.98 Å². The third-order valence-corrected chi connectivity index (χ3v) is 2.55. The quantitative estimate of drug-likeness (QED) is 0.612. The summed E-state index contributed by atoms with van der Waals surface area (Å²) in [6.07, 6.45) is 7.12. The summed E-state index contributed by atoms with van der Waals surface area (Å²) in [5.74, 6) is 0.00610. The number of aromatic amines is 1. The van der Waals surface area contributed by atoms with Gasteiger partial charge in [0.25, 0.3) is 0 Å². The Hall–Kier alpha value is -2.04.